The first kappa shape index (κ1) is 24.0. The maximum absolute atomic E-state index is 15.3. The second-order valence-electron chi connectivity index (χ2n) is 8.03. The Labute approximate surface area is 202 Å². The standard InChI is InChI=1S/C26H26F2N4O3/c1-15-13-18-20(28)14-22(34-3)25(35-4)23(18)24(31-32(15)26(33)29-2)16-9-11-17(12-10-16)30-21-8-6-5-7-19(21)27/h5-12,14-15,30H,13H2,1-4H3,(H,29,33). The molecule has 3 aromatic rings. The van der Waals surface area contributed by atoms with Crippen LogP contribution in [0.25, 0.3) is 0 Å². The van der Waals surface area contributed by atoms with Gasteiger partial charge in [0.1, 0.15) is 17.3 Å². The van der Waals surface area contributed by atoms with E-state index in [0.29, 0.717) is 39.5 Å². The van der Waals surface area contributed by atoms with Crippen molar-refractivity contribution < 1.29 is 23.0 Å². The number of para-hydroxylation sites is 1. The first-order chi connectivity index (χ1) is 16.9. The van der Waals surface area contributed by atoms with Gasteiger partial charge in [-0.2, -0.15) is 5.10 Å². The quantitative estimate of drug-likeness (QED) is 0.535. The maximum Gasteiger partial charge on any atom is 0.337 e. The molecule has 35 heavy (non-hydrogen) atoms. The first-order valence-electron chi connectivity index (χ1n) is 11.0. The molecular weight excluding hydrogens is 454 g/mol. The molecule has 4 rings (SSSR count). The van der Waals surface area contributed by atoms with Crippen LogP contribution in [0, 0.1) is 11.6 Å². The third-order valence-corrected chi connectivity index (χ3v) is 5.82. The molecule has 2 amide bonds. The van der Waals surface area contributed by atoms with Gasteiger partial charge in [0.2, 0.25) is 0 Å². The van der Waals surface area contributed by atoms with Crippen LogP contribution in [0.4, 0.5) is 25.0 Å². The van der Waals surface area contributed by atoms with Gasteiger partial charge >= 0.3 is 6.03 Å². The fourth-order valence-corrected chi connectivity index (χ4v) is 4.08. The van der Waals surface area contributed by atoms with Gasteiger partial charge < -0.3 is 20.1 Å². The van der Waals surface area contributed by atoms with Gasteiger partial charge in [-0.3, -0.25) is 0 Å². The molecule has 0 aliphatic carbocycles. The van der Waals surface area contributed by atoms with E-state index in [1.807, 2.05) is 0 Å². The number of fused-ring (bicyclic) bond motifs is 1. The summed E-state index contributed by atoms with van der Waals surface area (Å²) in [7, 11) is 4.41. The van der Waals surface area contributed by atoms with Crippen LogP contribution in [0.2, 0.25) is 0 Å². The fraction of sp³-hybridized carbons (Fsp3) is 0.231. The van der Waals surface area contributed by atoms with Gasteiger partial charge in [0.25, 0.3) is 0 Å². The number of nitrogens with zero attached hydrogens (tertiary/aromatic N) is 2. The zero-order valence-electron chi connectivity index (χ0n) is 19.9. The lowest BCUT2D eigenvalue weighted by atomic mass is 9.92. The largest absolute Gasteiger partial charge is 0.493 e. The zero-order valence-corrected chi connectivity index (χ0v) is 19.9. The van der Waals surface area contributed by atoms with Gasteiger partial charge in [-0.25, -0.2) is 18.6 Å². The number of halogens is 2. The number of benzene rings is 3. The minimum atomic E-state index is -0.478. The number of hydrogen-bond acceptors (Lipinski definition) is 5. The predicted octanol–water partition coefficient (Wildman–Crippen LogP) is 5.06. The maximum atomic E-state index is 15.3. The molecule has 0 saturated heterocycles. The molecule has 0 spiro atoms. The summed E-state index contributed by atoms with van der Waals surface area (Å²) in [6.45, 7) is 1.79. The number of carbonyl (C=O) groups excluding carboxylic acids is 1. The molecule has 1 aliphatic heterocycles. The van der Waals surface area contributed by atoms with Crippen molar-refractivity contribution in [2.45, 2.75) is 19.4 Å². The summed E-state index contributed by atoms with van der Waals surface area (Å²) in [5, 5.41) is 11.6. The number of anilines is 2. The van der Waals surface area contributed by atoms with Crippen molar-refractivity contribution in [2.24, 2.45) is 5.10 Å². The van der Waals surface area contributed by atoms with Crippen molar-refractivity contribution in [1.82, 2.24) is 10.3 Å². The lowest BCUT2D eigenvalue weighted by molar-refractivity contribution is 0.184. The summed E-state index contributed by atoms with van der Waals surface area (Å²) in [5.41, 5.74) is 2.73. The Kier molecular flexibility index (Phi) is 6.86. The average molecular weight is 481 g/mol. The van der Waals surface area contributed by atoms with Gasteiger partial charge in [-0.15, -0.1) is 0 Å². The molecule has 1 heterocycles. The van der Waals surface area contributed by atoms with Crippen molar-refractivity contribution in [3.63, 3.8) is 0 Å². The van der Waals surface area contributed by atoms with Crippen LogP contribution in [-0.2, 0) is 6.42 Å². The Morgan fingerprint density at radius 2 is 1.77 bits per heavy atom. The Balaban J connectivity index is 1.86. The Morgan fingerprint density at radius 1 is 1.06 bits per heavy atom. The molecule has 7 nitrogen and oxygen atoms in total. The van der Waals surface area contributed by atoms with Crippen LogP contribution in [0.5, 0.6) is 11.5 Å². The number of hydrogen-bond donors (Lipinski definition) is 2. The van der Waals surface area contributed by atoms with E-state index in [9.17, 15) is 9.18 Å². The summed E-state index contributed by atoms with van der Waals surface area (Å²) in [6, 6.07) is 13.8. The lowest BCUT2D eigenvalue weighted by Crippen LogP contribution is -2.41. The van der Waals surface area contributed by atoms with E-state index in [0.717, 1.165) is 0 Å². The summed E-state index contributed by atoms with van der Waals surface area (Å²) in [5.74, 6) is -0.313. The third-order valence-electron chi connectivity index (χ3n) is 5.82. The molecule has 0 radical (unpaired) electrons. The van der Waals surface area contributed by atoms with E-state index in [2.05, 4.69) is 15.7 Å². The Bertz CT molecular complexity index is 1280. The number of urea groups is 1. The first-order valence-corrected chi connectivity index (χ1v) is 11.0. The highest BCUT2D eigenvalue weighted by molar-refractivity contribution is 6.16. The predicted molar refractivity (Wildman–Crippen MR) is 131 cm³/mol. The minimum absolute atomic E-state index is 0.217. The summed E-state index contributed by atoms with van der Waals surface area (Å²) in [4.78, 5) is 12.6. The molecule has 0 fully saturated rings. The molecule has 9 heteroatoms. The zero-order chi connectivity index (χ0) is 25.1. The number of hydrazone groups is 1. The lowest BCUT2D eigenvalue weighted by Gasteiger charge is -2.22. The Morgan fingerprint density at radius 3 is 2.40 bits per heavy atom. The van der Waals surface area contributed by atoms with E-state index in [1.54, 1.807) is 49.4 Å². The van der Waals surface area contributed by atoms with Gasteiger partial charge in [0.05, 0.1) is 31.5 Å². The number of rotatable bonds is 5. The van der Waals surface area contributed by atoms with E-state index in [1.165, 1.54) is 38.4 Å². The van der Waals surface area contributed by atoms with Gasteiger partial charge in [0.15, 0.2) is 11.5 Å². The highest BCUT2D eigenvalue weighted by Gasteiger charge is 2.32. The normalized spacial score (nSPS) is 15.0. The topological polar surface area (TPSA) is 75.2 Å². The number of amides is 2. The van der Waals surface area contributed by atoms with Gasteiger partial charge in [0, 0.05) is 29.9 Å². The average Bonchev–Trinajstić information content (AvgIpc) is 3.02. The number of carbonyl (C=O) groups is 1. The number of ether oxygens (including phenoxy) is 2. The van der Waals surface area contributed by atoms with E-state index >= 15 is 4.39 Å². The molecule has 0 saturated carbocycles. The number of methoxy groups -OCH3 is 2. The molecule has 3 aromatic carbocycles. The van der Waals surface area contributed by atoms with Gasteiger partial charge in [-0.1, -0.05) is 24.3 Å². The second-order valence-corrected chi connectivity index (χ2v) is 8.03. The van der Waals surface area contributed by atoms with Crippen molar-refractivity contribution in [3.05, 3.63) is 82.9 Å². The SMILES string of the molecule is CNC(=O)N1N=C(c2ccc(Nc3ccccc3F)cc2)c2c(c(F)cc(OC)c2OC)CC1C. The second kappa shape index (κ2) is 10.0. The molecular formula is C26H26F2N4O3. The van der Waals surface area contributed by atoms with Crippen LogP contribution in [0.1, 0.15) is 23.6 Å². The smallest absolute Gasteiger partial charge is 0.337 e. The number of nitrogens with one attached hydrogen (secondary N) is 2. The van der Waals surface area contributed by atoms with Crippen molar-refractivity contribution in [2.75, 3.05) is 26.6 Å². The van der Waals surface area contributed by atoms with Crippen molar-refractivity contribution in [1.29, 1.82) is 0 Å². The van der Waals surface area contributed by atoms with E-state index in [-0.39, 0.29) is 18.0 Å². The molecule has 2 N–H and O–H groups in total. The van der Waals surface area contributed by atoms with Crippen LogP contribution in [-0.4, -0.2) is 44.1 Å². The minimum Gasteiger partial charge on any atom is -0.493 e. The fourth-order valence-electron chi connectivity index (χ4n) is 4.08. The molecule has 0 bridgehead atoms. The van der Waals surface area contributed by atoms with E-state index < -0.39 is 17.9 Å². The van der Waals surface area contributed by atoms with Crippen molar-refractivity contribution in [3.8, 4) is 11.5 Å². The molecule has 1 atom stereocenters. The molecule has 1 unspecified atom stereocenters. The third kappa shape index (κ3) is 4.62. The van der Waals surface area contributed by atoms with Crippen LogP contribution in [0.3, 0.4) is 0 Å². The van der Waals surface area contributed by atoms with Crippen molar-refractivity contribution >= 4 is 23.1 Å². The molecule has 0 aromatic heterocycles. The Hall–Kier alpha value is -4.14. The van der Waals surface area contributed by atoms with Crippen LogP contribution in [0.15, 0.2) is 59.7 Å². The van der Waals surface area contributed by atoms with Crippen LogP contribution >= 0.6 is 0 Å². The summed E-state index contributed by atoms with van der Waals surface area (Å²) < 4.78 is 40.3. The monoisotopic (exact) mass is 480 g/mol. The van der Waals surface area contributed by atoms with Gasteiger partial charge in [-0.05, 0) is 37.6 Å². The summed E-state index contributed by atoms with van der Waals surface area (Å²) >= 11 is 0. The van der Waals surface area contributed by atoms with Crippen LogP contribution < -0.4 is 20.1 Å². The highest BCUT2D eigenvalue weighted by Crippen LogP contribution is 2.39. The van der Waals surface area contributed by atoms with E-state index in [4.69, 9.17) is 9.47 Å². The summed E-state index contributed by atoms with van der Waals surface area (Å²) in [6.07, 6.45) is 0.217. The molecule has 182 valence electrons. The highest BCUT2D eigenvalue weighted by atomic mass is 19.1. The molecule has 1 aliphatic rings.